The summed E-state index contributed by atoms with van der Waals surface area (Å²) >= 11 is 0. The molecule has 0 aromatic heterocycles. The Labute approximate surface area is 107 Å². The monoisotopic (exact) mass is 246 g/mol. The van der Waals surface area contributed by atoms with E-state index in [1.54, 1.807) is 12.1 Å². The Kier molecular flexibility index (Phi) is 3.35. The van der Waals surface area contributed by atoms with Crippen LogP contribution in [0.15, 0.2) is 18.2 Å². The van der Waals surface area contributed by atoms with E-state index in [-0.39, 0.29) is 5.75 Å². The number of nitrogens with zero attached hydrogens (tertiary/aromatic N) is 1. The predicted molar refractivity (Wildman–Crippen MR) is 71.4 cm³/mol. The molecule has 4 heteroatoms. The van der Waals surface area contributed by atoms with E-state index in [9.17, 15) is 5.11 Å². The van der Waals surface area contributed by atoms with Crippen molar-refractivity contribution in [3.63, 3.8) is 0 Å². The minimum Gasteiger partial charge on any atom is -0.508 e. The number of phenols is 1. The summed E-state index contributed by atoms with van der Waals surface area (Å²) in [5.41, 5.74) is 5.64. The smallest absolute Gasteiger partial charge is 0.171 e. The van der Waals surface area contributed by atoms with Crippen LogP contribution in [0.25, 0.3) is 0 Å². The zero-order valence-electron chi connectivity index (χ0n) is 10.5. The van der Waals surface area contributed by atoms with Gasteiger partial charge >= 0.3 is 0 Å². The predicted octanol–water partition coefficient (Wildman–Crippen LogP) is 1.45. The van der Waals surface area contributed by atoms with E-state index < -0.39 is 5.60 Å². The molecule has 0 aliphatic carbocycles. The first kappa shape index (κ1) is 12.6. The number of hydrogen-bond donors (Lipinski definition) is 2. The quantitative estimate of drug-likeness (QED) is 0.612. The first-order chi connectivity index (χ1) is 8.54. The molecule has 3 N–H and O–H groups in total. The van der Waals surface area contributed by atoms with Crippen LogP contribution in [0, 0.1) is 12.3 Å². The van der Waals surface area contributed by atoms with Crippen molar-refractivity contribution in [3.8, 4) is 23.8 Å². The maximum atomic E-state index is 9.32. The fourth-order valence-corrected chi connectivity index (χ4v) is 2.09. The number of rotatable bonds is 2. The molecule has 1 heterocycles. The number of likely N-dealkylation sites (tertiary alicyclic amines) is 1. The lowest BCUT2D eigenvalue weighted by atomic mass is 9.92. The number of terminal acetylenes is 1. The SMILES string of the molecule is C#CC1(Oc2ccc(O)cc2N)CCN(C)CC1. The molecule has 1 saturated heterocycles. The second-order valence-electron chi connectivity index (χ2n) is 4.77. The number of ether oxygens (including phenoxy) is 1. The number of nitrogens with two attached hydrogens (primary N) is 1. The van der Waals surface area contributed by atoms with Crippen LogP contribution >= 0.6 is 0 Å². The lowest BCUT2D eigenvalue weighted by molar-refractivity contribution is 0.0581. The van der Waals surface area contributed by atoms with Gasteiger partial charge in [-0.1, -0.05) is 5.92 Å². The van der Waals surface area contributed by atoms with Crippen LogP contribution in [0.2, 0.25) is 0 Å². The molecule has 1 aliphatic rings. The molecule has 18 heavy (non-hydrogen) atoms. The van der Waals surface area contributed by atoms with Gasteiger partial charge in [0.25, 0.3) is 0 Å². The van der Waals surface area contributed by atoms with E-state index in [4.69, 9.17) is 16.9 Å². The second kappa shape index (κ2) is 4.79. The highest BCUT2D eigenvalue weighted by atomic mass is 16.5. The van der Waals surface area contributed by atoms with Crippen LogP contribution in [-0.4, -0.2) is 35.7 Å². The summed E-state index contributed by atoms with van der Waals surface area (Å²) < 4.78 is 5.93. The molecule has 0 amide bonds. The van der Waals surface area contributed by atoms with Gasteiger partial charge in [-0.15, -0.1) is 6.42 Å². The summed E-state index contributed by atoms with van der Waals surface area (Å²) in [5.74, 6) is 3.42. The molecule has 0 atom stereocenters. The molecule has 1 aromatic rings. The fraction of sp³-hybridized carbons (Fsp3) is 0.429. The molecule has 0 bridgehead atoms. The Balaban J connectivity index is 2.18. The first-order valence-corrected chi connectivity index (χ1v) is 5.98. The van der Waals surface area contributed by atoms with Crippen molar-refractivity contribution < 1.29 is 9.84 Å². The molecule has 2 rings (SSSR count). The summed E-state index contributed by atoms with van der Waals surface area (Å²) in [6, 6.07) is 4.67. The van der Waals surface area contributed by atoms with Gasteiger partial charge in [0.1, 0.15) is 11.5 Å². The summed E-state index contributed by atoms with van der Waals surface area (Å²) in [7, 11) is 2.06. The third kappa shape index (κ3) is 2.52. The van der Waals surface area contributed by atoms with Crippen LogP contribution < -0.4 is 10.5 Å². The van der Waals surface area contributed by atoms with Crippen molar-refractivity contribution >= 4 is 5.69 Å². The highest BCUT2D eigenvalue weighted by Crippen LogP contribution is 2.33. The van der Waals surface area contributed by atoms with Crippen LogP contribution in [0.5, 0.6) is 11.5 Å². The molecule has 1 aromatic carbocycles. The molecule has 96 valence electrons. The molecule has 1 fully saturated rings. The number of nitrogen functional groups attached to an aromatic ring is 1. The Morgan fingerprint density at radius 1 is 1.44 bits per heavy atom. The number of anilines is 1. The largest absolute Gasteiger partial charge is 0.508 e. The van der Waals surface area contributed by atoms with Gasteiger partial charge in [0.15, 0.2) is 5.60 Å². The summed E-state index contributed by atoms with van der Waals surface area (Å²) in [5, 5.41) is 9.32. The van der Waals surface area contributed by atoms with Crippen molar-refractivity contribution in [3.05, 3.63) is 18.2 Å². The standard InChI is InChI=1S/C14H18N2O2/c1-3-14(6-8-16(2)9-7-14)18-13-5-4-11(17)10-12(13)15/h1,4-5,10,17H,6-9,15H2,2H3. The third-order valence-corrected chi connectivity index (χ3v) is 3.36. The number of aromatic hydroxyl groups is 1. The van der Waals surface area contributed by atoms with Crippen molar-refractivity contribution in [2.24, 2.45) is 0 Å². The van der Waals surface area contributed by atoms with Crippen LogP contribution in [0.3, 0.4) is 0 Å². The van der Waals surface area contributed by atoms with Crippen molar-refractivity contribution in [1.29, 1.82) is 0 Å². The molecule has 0 saturated carbocycles. The third-order valence-electron chi connectivity index (χ3n) is 3.36. The van der Waals surface area contributed by atoms with Crippen molar-refractivity contribution in [2.75, 3.05) is 25.9 Å². The van der Waals surface area contributed by atoms with Gasteiger partial charge in [0, 0.05) is 32.0 Å². The Hall–Kier alpha value is -1.86. The van der Waals surface area contributed by atoms with Crippen LogP contribution in [0.4, 0.5) is 5.69 Å². The van der Waals surface area contributed by atoms with Gasteiger partial charge in [-0.05, 0) is 19.2 Å². The maximum absolute atomic E-state index is 9.32. The lowest BCUT2D eigenvalue weighted by Crippen LogP contribution is -2.45. The Bertz CT molecular complexity index is 471. The highest BCUT2D eigenvalue weighted by molar-refractivity contribution is 5.56. The minimum absolute atomic E-state index is 0.123. The van der Waals surface area contributed by atoms with E-state index in [2.05, 4.69) is 17.9 Å². The Morgan fingerprint density at radius 2 is 2.11 bits per heavy atom. The second-order valence-corrected chi connectivity index (χ2v) is 4.77. The molecule has 0 spiro atoms. The minimum atomic E-state index is -0.586. The van der Waals surface area contributed by atoms with Crippen LogP contribution in [-0.2, 0) is 0 Å². The Morgan fingerprint density at radius 3 is 2.67 bits per heavy atom. The van der Waals surface area contributed by atoms with E-state index in [0.717, 1.165) is 25.9 Å². The molecule has 0 radical (unpaired) electrons. The van der Waals surface area contributed by atoms with Crippen molar-refractivity contribution in [2.45, 2.75) is 18.4 Å². The summed E-state index contributed by atoms with van der Waals surface area (Å²) in [6.45, 7) is 1.81. The number of hydrogen-bond acceptors (Lipinski definition) is 4. The topological polar surface area (TPSA) is 58.7 Å². The number of phenolic OH excluding ortho intramolecular Hbond substituents is 1. The average molecular weight is 246 g/mol. The van der Waals surface area contributed by atoms with E-state index >= 15 is 0 Å². The maximum Gasteiger partial charge on any atom is 0.171 e. The zero-order valence-corrected chi connectivity index (χ0v) is 10.5. The van der Waals surface area contributed by atoms with E-state index in [0.29, 0.717) is 11.4 Å². The van der Waals surface area contributed by atoms with Crippen LogP contribution in [0.1, 0.15) is 12.8 Å². The van der Waals surface area contributed by atoms with Gasteiger partial charge in [0.2, 0.25) is 0 Å². The van der Waals surface area contributed by atoms with Gasteiger partial charge in [-0.25, -0.2) is 0 Å². The van der Waals surface area contributed by atoms with E-state index in [1.807, 2.05) is 0 Å². The fourth-order valence-electron chi connectivity index (χ4n) is 2.09. The molecule has 1 aliphatic heterocycles. The number of benzene rings is 1. The van der Waals surface area contributed by atoms with Crippen molar-refractivity contribution in [1.82, 2.24) is 4.90 Å². The average Bonchev–Trinajstić information content (AvgIpc) is 2.36. The first-order valence-electron chi connectivity index (χ1n) is 5.98. The number of piperidine rings is 1. The normalized spacial score (nSPS) is 19.1. The van der Waals surface area contributed by atoms with Gasteiger partial charge in [0.05, 0.1) is 5.69 Å². The summed E-state index contributed by atoms with van der Waals surface area (Å²) in [4.78, 5) is 2.22. The van der Waals surface area contributed by atoms with Gasteiger partial charge in [-0.2, -0.15) is 0 Å². The molecule has 4 nitrogen and oxygen atoms in total. The van der Waals surface area contributed by atoms with Gasteiger partial charge in [-0.3, -0.25) is 0 Å². The molecular weight excluding hydrogens is 228 g/mol. The van der Waals surface area contributed by atoms with E-state index in [1.165, 1.54) is 6.07 Å². The zero-order chi connectivity index (χ0) is 13.2. The molecular formula is C14H18N2O2. The highest BCUT2D eigenvalue weighted by Gasteiger charge is 2.34. The summed E-state index contributed by atoms with van der Waals surface area (Å²) in [6.07, 6.45) is 7.18. The van der Waals surface area contributed by atoms with Gasteiger partial charge < -0.3 is 20.5 Å². The lowest BCUT2D eigenvalue weighted by Gasteiger charge is -2.37. The molecule has 0 unspecified atom stereocenters.